The van der Waals surface area contributed by atoms with Crippen LogP contribution >= 0.6 is 6.72 Å². The quantitative estimate of drug-likeness (QED) is 0.533. The van der Waals surface area contributed by atoms with Gasteiger partial charge in [0.2, 0.25) is 0 Å². The van der Waals surface area contributed by atoms with Crippen LogP contribution in [0.1, 0.15) is 11.8 Å². The van der Waals surface area contributed by atoms with Crippen molar-refractivity contribution in [1.82, 2.24) is 9.55 Å². The molecule has 2 aliphatic rings. The number of aliphatic hydroxyl groups excluding tert-OH is 2. The largest absolute Gasteiger partial charge is 0.424 e. The molecule has 0 saturated carbocycles. The summed E-state index contributed by atoms with van der Waals surface area (Å²) in [7, 11) is 0. The Morgan fingerprint density at radius 1 is 1.39 bits per heavy atom. The van der Waals surface area contributed by atoms with Gasteiger partial charge in [0.15, 0.2) is 11.8 Å². The molecule has 0 aliphatic carbocycles. The molecule has 10 nitrogen and oxygen atoms in total. The van der Waals surface area contributed by atoms with Crippen LogP contribution in [0.2, 0.25) is 0 Å². The first kappa shape index (κ1) is 22.2. The zero-order chi connectivity index (χ0) is 22.4. The van der Waals surface area contributed by atoms with Gasteiger partial charge in [0, 0.05) is 23.6 Å². The molecule has 1 unspecified atom stereocenters. The van der Waals surface area contributed by atoms with E-state index in [1.54, 1.807) is 24.3 Å². The maximum atomic E-state index is 14.1. The van der Waals surface area contributed by atoms with Crippen LogP contribution in [0.15, 0.2) is 41.3 Å². The third-order valence-electron chi connectivity index (χ3n) is 4.96. The number of nitrogens with zero attached hydrogens (tertiary/aromatic N) is 2. The average molecular weight is 477 g/mol. The monoisotopic (exact) mass is 477 g/mol. The SMILES string of the molecule is Nc1ccn([C@@H]2O[C@@](COP3(=S)OCc4ccccc4O3)(C(F)F)[C@@H](O)[C@@H]2O)c(=O)n1. The third-order valence-corrected chi connectivity index (χ3v) is 7.13. The summed E-state index contributed by atoms with van der Waals surface area (Å²) >= 11 is 5.25. The number of rotatable bonds is 5. The van der Waals surface area contributed by atoms with Crippen LogP contribution in [0.25, 0.3) is 0 Å². The van der Waals surface area contributed by atoms with Crippen LogP contribution in [0, 0.1) is 0 Å². The lowest BCUT2D eigenvalue weighted by Gasteiger charge is -2.34. The number of anilines is 1. The van der Waals surface area contributed by atoms with Gasteiger partial charge in [-0.2, -0.15) is 4.98 Å². The summed E-state index contributed by atoms with van der Waals surface area (Å²) in [6.45, 7) is -4.42. The van der Waals surface area contributed by atoms with Gasteiger partial charge in [0.25, 0.3) is 6.43 Å². The van der Waals surface area contributed by atoms with Gasteiger partial charge >= 0.3 is 12.4 Å². The number of hydrogen-bond acceptors (Lipinski definition) is 10. The number of fused-ring (bicyclic) bond motifs is 1. The number of aromatic nitrogens is 2. The molecule has 1 aromatic heterocycles. The van der Waals surface area contributed by atoms with Crippen molar-refractivity contribution < 1.29 is 37.3 Å². The van der Waals surface area contributed by atoms with Gasteiger partial charge in [0.05, 0.1) is 13.2 Å². The van der Waals surface area contributed by atoms with E-state index < -0.39 is 49.5 Å². The summed E-state index contributed by atoms with van der Waals surface area (Å²) in [5.74, 6) is 0.288. The summed E-state index contributed by atoms with van der Waals surface area (Å²) in [6, 6.07) is 8.07. The Morgan fingerprint density at radius 3 is 2.84 bits per heavy atom. The standard InChI is InChI=1S/C17H18F2N3O7PS/c18-15(19)17(8-27-30(31)26-7-9-3-1-2-4-10(9)29-30)13(24)12(23)14(28-17)22-6-5-11(20)21-16(22)25/h1-6,12-15,23-24H,7-8H2,(H2,20,21,25)/t12-,13-,14+,17+,30?/m0/s1. The zero-order valence-electron chi connectivity index (χ0n) is 15.7. The Hall–Kier alpha value is -1.99. The van der Waals surface area contributed by atoms with Crippen molar-refractivity contribution in [3.8, 4) is 5.75 Å². The number of nitrogens with two attached hydrogens (primary N) is 1. The zero-order valence-corrected chi connectivity index (χ0v) is 17.4. The maximum absolute atomic E-state index is 14.1. The fraction of sp³-hybridized carbons (Fsp3) is 0.412. The molecule has 0 bridgehead atoms. The summed E-state index contributed by atoms with van der Waals surface area (Å²) in [5.41, 5.74) is 2.46. The Morgan fingerprint density at radius 2 is 2.13 bits per heavy atom. The molecule has 1 aromatic carbocycles. The minimum atomic E-state index is -3.50. The van der Waals surface area contributed by atoms with Crippen molar-refractivity contribution >= 4 is 24.3 Å². The van der Waals surface area contributed by atoms with E-state index in [-0.39, 0.29) is 12.4 Å². The van der Waals surface area contributed by atoms with E-state index in [0.29, 0.717) is 11.3 Å². The first-order valence-corrected chi connectivity index (χ1v) is 11.5. The van der Waals surface area contributed by atoms with Crippen molar-refractivity contribution in [3.05, 3.63) is 52.6 Å². The molecule has 4 rings (SSSR count). The summed E-state index contributed by atoms with van der Waals surface area (Å²) in [5, 5.41) is 20.8. The van der Waals surface area contributed by atoms with Gasteiger partial charge in [-0.15, -0.1) is 0 Å². The molecule has 3 heterocycles. The van der Waals surface area contributed by atoms with Crippen LogP contribution in [0.4, 0.5) is 14.6 Å². The van der Waals surface area contributed by atoms with Gasteiger partial charge in [0.1, 0.15) is 23.8 Å². The first-order valence-electron chi connectivity index (χ1n) is 8.98. The van der Waals surface area contributed by atoms with Crippen LogP contribution in [-0.4, -0.2) is 50.6 Å². The number of benzene rings is 1. The average Bonchev–Trinajstić information content (AvgIpc) is 2.98. The highest BCUT2D eigenvalue weighted by molar-refractivity contribution is 8.07. The normalized spacial score (nSPS) is 32.6. The number of hydrogen-bond donors (Lipinski definition) is 3. The molecule has 14 heteroatoms. The van der Waals surface area contributed by atoms with Gasteiger partial charge in [-0.25, -0.2) is 13.6 Å². The number of ether oxygens (including phenoxy) is 1. The molecule has 2 aromatic rings. The highest BCUT2D eigenvalue weighted by atomic mass is 32.5. The highest BCUT2D eigenvalue weighted by Gasteiger charge is 2.61. The minimum Gasteiger partial charge on any atom is -0.424 e. The highest BCUT2D eigenvalue weighted by Crippen LogP contribution is 2.56. The topological polar surface area (TPSA) is 138 Å². The second-order valence-electron chi connectivity index (χ2n) is 6.93. The van der Waals surface area contributed by atoms with Crippen LogP contribution in [0.5, 0.6) is 5.75 Å². The van der Waals surface area contributed by atoms with Crippen molar-refractivity contribution in [2.45, 2.75) is 37.1 Å². The molecule has 1 fully saturated rings. The predicted molar refractivity (Wildman–Crippen MR) is 106 cm³/mol. The van der Waals surface area contributed by atoms with Gasteiger partial charge in [-0.05, 0) is 12.1 Å². The predicted octanol–water partition coefficient (Wildman–Crippen LogP) is 0.930. The lowest BCUT2D eigenvalue weighted by Crippen LogP contribution is -2.52. The maximum Gasteiger partial charge on any atom is 0.381 e. The minimum absolute atomic E-state index is 0.0519. The van der Waals surface area contributed by atoms with Crippen molar-refractivity contribution in [3.63, 3.8) is 0 Å². The van der Waals surface area contributed by atoms with Gasteiger partial charge in [-0.1, -0.05) is 18.2 Å². The number of alkyl halides is 2. The van der Waals surface area contributed by atoms with Crippen molar-refractivity contribution in [2.75, 3.05) is 12.3 Å². The molecule has 0 amide bonds. The smallest absolute Gasteiger partial charge is 0.381 e. The van der Waals surface area contributed by atoms with Crippen molar-refractivity contribution in [2.24, 2.45) is 0 Å². The van der Waals surface area contributed by atoms with E-state index >= 15 is 0 Å². The van der Waals surface area contributed by atoms with E-state index in [0.717, 1.165) is 10.8 Å². The Balaban J connectivity index is 1.58. The lowest BCUT2D eigenvalue weighted by molar-refractivity contribution is -0.193. The molecule has 0 spiro atoms. The van der Waals surface area contributed by atoms with Crippen LogP contribution in [0.3, 0.4) is 0 Å². The van der Waals surface area contributed by atoms with Crippen molar-refractivity contribution in [1.29, 1.82) is 0 Å². The first-order chi connectivity index (χ1) is 14.7. The molecule has 0 radical (unpaired) electrons. The number of nitrogen functional groups attached to an aromatic ring is 1. The summed E-state index contributed by atoms with van der Waals surface area (Å²) in [6.07, 6.45) is -7.89. The van der Waals surface area contributed by atoms with E-state index in [1.165, 1.54) is 6.07 Å². The van der Waals surface area contributed by atoms with E-state index in [9.17, 15) is 23.8 Å². The second kappa shape index (κ2) is 8.17. The summed E-state index contributed by atoms with van der Waals surface area (Å²) < 4.78 is 50.7. The Bertz CT molecular complexity index is 1090. The molecule has 5 atom stereocenters. The fourth-order valence-electron chi connectivity index (χ4n) is 3.26. The van der Waals surface area contributed by atoms with E-state index in [4.69, 9.17) is 35.8 Å². The molecule has 1 saturated heterocycles. The third kappa shape index (κ3) is 3.98. The van der Waals surface area contributed by atoms with Gasteiger partial charge < -0.3 is 25.2 Å². The number of halogens is 2. The Kier molecular flexibility index (Phi) is 5.85. The molecular formula is C17H18F2N3O7PS. The van der Waals surface area contributed by atoms with E-state index in [1.807, 2.05) is 0 Å². The Labute approximate surface area is 179 Å². The number of aliphatic hydroxyl groups is 2. The summed E-state index contributed by atoms with van der Waals surface area (Å²) in [4.78, 5) is 15.5. The number of para-hydroxylation sites is 1. The molecule has 4 N–H and O–H groups in total. The van der Waals surface area contributed by atoms with Gasteiger partial charge in [-0.3, -0.25) is 13.6 Å². The molecule has 2 aliphatic heterocycles. The fourth-order valence-corrected chi connectivity index (χ4v) is 5.08. The molecular weight excluding hydrogens is 459 g/mol. The van der Waals surface area contributed by atoms with Crippen LogP contribution in [-0.2, 0) is 32.2 Å². The molecule has 168 valence electrons. The van der Waals surface area contributed by atoms with E-state index in [2.05, 4.69) is 4.98 Å². The molecule has 31 heavy (non-hydrogen) atoms. The van der Waals surface area contributed by atoms with Crippen LogP contribution < -0.4 is 15.9 Å². The lowest BCUT2D eigenvalue weighted by atomic mass is 9.96. The second-order valence-corrected chi connectivity index (χ2v) is 9.87.